The summed E-state index contributed by atoms with van der Waals surface area (Å²) < 4.78 is 20.2. The first-order valence-electron chi connectivity index (χ1n) is 31.8. The van der Waals surface area contributed by atoms with Crippen molar-refractivity contribution < 1.29 is 58.7 Å². The van der Waals surface area contributed by atoms with Gasteiger partial charge in [-0.3, -0.25) is 24.2 Å². The van der Waals surface area contributed by atoms with Crippen LogP contribution in [0.2, 0.25) is 0 Å². The van der Waals surface area contributed by atoms with Crippen LogP contribution < -0.4 is 16.6 Å². The number of benzene rings is 5. The Balaban J connectivity index is 0.000000224. The summed E-state index contributed by atoms with van der Waals surface area (Å²) in [5, 5.41) is 29.7. The van der Waals surface area contributed by atoms with Crippen LogP contribution in [0.5, 0.6) is 0 Å². The van der Waals surface area contributed by atoms with Crippen LogP contribution in [0.3, 0.4) is 0 Å². The lowest BCUT2D eigenvalue weighted by Crippen LogP contribution is -2.34. The molecule has 4 fully saturated rings. The summed E-state index contributed by atoms with van der Waals surface area (Å²) in [6.07, 6.45) is 25.6. The summed E-state index contributed by atoms with van der Waals surface area (Å²) in [6.45, 7) is 9.24. The molecule has 10 rings (SSSR count). The number of ether oxygens (including phenoxy) is 4. The van der Waals surface area contributed by atoms with Gasteiger partial charge in [-0.2, -0.15) is 5.53 Å². The molecule has 21 nitrogen and oxygen atoms in total. The molecule has 0 unspecified atom stereocenters. The number of carbonyl (C=O) groups excluding carboxylic acids is 5. The van der Waals surface area contributed by atoms with Crippen LogP contribution in [0.15, 0.2) is 158 Å². The van der Waals surface area contributed by atoms with Gasteiger partial charge in [0.25, 0.3) is 0 Å². The van der Waals surface area contributed by atoms with Gasteiger partial charge in [0.05, 0.1) is 53.9 Å². The molecule has 0 saturated carbocycles. The van der Waals surface area contributed by atoms with Gasteiger partial charge in [0.2, 0.25) is 0 Å². The predicted molar refractivity (Wildman–Crippen MR) is 364 cm³/mol. The molecule has 4 aliphatic rings. The molecule has 94 heavy (non-hydrogen) atoms. The van der Waals surface area contributed by atoms with Crippen LogP contribution in [0.1, 0.15) is 112 Å². The van der Waals surface area contributed by atoms with Crippen LogP contribution in [-0.2, 0) is 70.7 Å². The van der Waals surface area contributed by atoms with E-state index in [1.807, 2.05) is 47.1 Å². The minimum atomic E-state index is -0.399. The lowest BCUT2D eigenvalue weighted by Gasteiger charge is -2.24. The van der Waals surface area contributed by atoms with E-state index in [0.717, 1.165) is 119 Å². The summed E-state index contributed by atoms with van der Waals surface area (Å²) in [5.74, 6) is -1.43. The van der Waals surface area contributed by atoms with Gasteiger partial charge in [-0.05, 0) is 146 Å². The van der Waals surface area contributed by atoms with Gasteiger partial charge in [-0.25, -0.2) is 19.2 Å². The molecule has 0 spiro atoms. The number of likely N-dealkylation sites (tertiary alicyclic amines) is 3. The molecule has 4 aliphatic heterocycles. The number of hydrogen-bond acceptors (Lipinski definition) is 19. The first-order valence-corrected chi connectivity index (χ1v) is 31.8. The van der Waals surface area contributed by atoms with Crippen molar-refractivity contribution in [3.8, 4) is 0 Å². The lowest BCUT2D eigenvalue weighted by molar-refractivity contribution is -0.249. The average molecular weight is 1290 g/mol. The van der Waals surface area contributed by atoms with Crippen molar-refractivity contribution >= 4 is 54.5 Å². The first-order chi connectivity index (χ1) is 45.8. The summed E-state index contributed by atoms with van der Waals surface area (Å²) in [6, 6.07) is 43.6. The van der Waals surface area contributed by atoms with Gasteiger partial charge in [0.15, 0.2) is 0 Å². The maximum Gasteiger partial charge on any atom is 0.330 e. The highest BCUT2D eigenvalue weighted by Crippen LogP contribution is 2.24. The normalized spacial score (nSPS) is 17.7. The van der Waals surface area contributed by atoms with Crippen LogP contribution in [0.4, 0.5) is 0 Å². The minimum Gasteiger partial charge on any atom is -0.466 e. The second kappa shape index (κ2) is 43.8. The van der Waals surface area contributed by atoms with Crippen molar-refractivity contribution in [2.24, 2.45) is 5.73 Å². The second-order valence-electron chi connectivity index (χ2n) is 22.7. The molecule has 5 heterocycles. The van der Waals surface area contributed by atoms with Crippen molar-refractivity contribution in [1.82, 2.24) is 35.0 Å². The van der Waals surface area contributed by atoms with Crippen LogP contribution in [0.25, 0.3) is 24.3 Å². The summed E-state index contributed by atoms with van der Waals surface area (Å²) >= 11 is 0. The van der Waals surface area contributed by atoms with E-state index < -0.39 is 5.97 Å². The number of nitrogens with zero attached hydrogens (tertiary/aromatic N) is 6. The third-order valence-corrected chi connectivity index (χ3v) is 16.2. The zero-order valence-corrected chi connectivity index (χ0v) is 54.8. The minimum absolute atomic E-state index is 0.236. The Morgan fingerprint density at radius 3 is 1.30 bits per heavy atom. The van der Waals surface area contributed by atoms with E-state index in [1.54, 1.807) is 48.6 Å². The largest absolute Gasteiger partial charge is 0.466 e. The van der Waals surface area contributed by atoms with Crippen LogP contribution in [0, 0.1) is 5.53 Å². The van der Waals surface area contributed by atoms with Gasteiger partial charge >= 0.3 is 23.9 Å². The molecule has 4 saturated heterocycles. The molecule has 1 aromatic heterocycles. The number of aliphatic hydroxyl groups is 2. The van der Waals surface area contributed by atoms with Crippen LogP contribution >= 0.6 is 0 Å². The Bertz CT molecular complexity index is 3190. The number of esters is 4. The molecule has 6 aromatic rings. The van der Waals surface area contributed by atoms with E-state index in [4.69, 9.17) is 16.4 Å². The number of nitrogens with one attached hydrogen (secondary N) is 2. The maximum atomic E-state index is 11.2. The number of aromatic nitrogens is 3. The van der Waals surface area contributed by atoms with Crippen molar-refractivity contribution in [3.63, 3.8) is 0 Å². The first kappa shape index (κ1) is 75.8. The van der Waals surface area contributed by atoms with Crippen molar-refractivity contribution in [2.45, 2.75) is 108 Å². The number of aliphatic hydroxyl groups excluding tert-OH is 2. The van der Waals surface area contributed by atoms with E-state index in [0.29, 0.717) is 36.3 Å². The zero-order valence-electron chi connectivity index (χ0n) is 54.8. The quantitative estimate of drug-likeness (QED) is 0.0126. The zero-order chi connectivity index (χ0) is 67.7. The molecule has 502 valence electrons. The third kappa shape index (κ3) is 28.1. The highest BCUT2D eigenvalue weighted by Gasteiger charge is 2.26. The molecule has 5 aromatic carbocycles. The molecule has 8 N–H and O–H groups in total. The SMILES string of the molecule is COC(=O)/C=C/c1ccc(C=O)cc1.COC(=O)/C=C/c1ccc(CN2CCC[C@@H]2CN)cc1.COC(=O)/C=C/c1ccc(CN2CCC[C@@H]2CO)cc1.COC(=O)/C=C/c1ccc(CN2CCC[C@@H]2Cn2cc(Cc3ccccc3)nn2)cc1.N=[NH2+].OC[C@H]1CCCN1. The fourth-order valence-electron chi connectivity index (χ4n) is 11.0. The number of rotatable bonds is 22. The monoisotopic (exact) mass is 1290 g/mol. The van der Waals surface area contributed by atoms with Gasteiger partial charge in [-0.1, -0.05) is 138 Å². The Labute approximate surface area is 553 Å². The van der Waals surface area contributed by atoms with E-state index in [9.17, 15) is 29.1 Å². The van der Waals surface area contributed by atoms with Crippen LogP contribution in [-0.4, -0.2) is 169 Å². The Morgan fingerprint density at radius 1 is 0.532 bits per heavy atom. The van der Waals surface area contributed by atoms with E-state index in [1.165, 1.54) is 107 Å². The maximum absolute atomic E-state index is 11.2. The Kier molecular flexibility index (Phi) is 35.3. The van der Waals surface area contributed by atoms with Crippen molar-refractivity contribution in [1.29, 1.82) is 5.53 Å². The second-order valence-corrected chi connectivity index (χ2v) is 22.7. The molecule has 0 amide bonds. The molecular formula is C73H95N10O11+. The average Bonchev–Trinajstić information content (AvgIpc) is 3.12. The topological polar surface area (TPSA) is 291 Å². The molecule has 21 heteroatoms. The number of carbonyl (C=O) groups is 5. The molecule has 0 radical (unpaired) electrons. The summed E-state index contributed by atoms with van der Waals surface area (Å²) in [5.41, 5.74) is 25.2. The Morgan fingerprint density at radius 2 is 0.926 bits per heavy atom. The number of aldehydes is 1. The molecule has 0 bridgehead atoms. The summed E-state index contributed by atoms with van der Waals surface area (Å²) in [4.78, 5) is 61.6. The smallest absolute Gasteiger partial charge is 0.330 e. The van der Waals surface area contributed by atoms with E-state index in [2.05, 4.69) is 122 Å². The van der Waals surface area contributed by atoms with Gasteiger partial charge < -0.3 is 40.2 Å². The van der Waals surface area contributed by atoms with Gasteiger partial charge in [-0.15, -0.1) is 5.10 Å². The summed E-state index contributed by atoms with van der Waals surface area (Å²) in [7, 11) is 5.44. The van der Waals surface area contributed by atoms with Gasteiger partial charge in [0.1, 0.15) is 6.29 Å². The van der Waals surface area contributed by atoms with Crippen molar-refractivity contribution in [3.05, 3.63) is 214 Å². The fraction of sp³-hybridized carbons (Fsp3) is 0.384. The third-order valence-electron chi connectivity index (χ3n) is 16.2. The standard InChI is InChI=1S/C25H28N4O2.C16H22N2O2.C16H21NO3.C11H10O3.C5H11NO.H2N2/c1-31-25(30)14-13-20-9-11-22(12-10-20)17-28-15-5-8-24(28)19-29-18-23(26-27-29)16-21-6-3-2-4-7-21;1-20-16(19)9-8-13-4-6-14(7-5-13)12-18-10-2-3-15(18)11-17;1-20-16(19)9-8-13-4-6-14(7-5-13)11-17-10-2-3-15(17)12-18;1-14-11(13)7-6-9-2-4-10(8-12)5-3-9;7-4-5-2-1-3-6-5;1-2/h2-4,6-7,9-14,18,24H,5,8,15-17,19H2,1H3;4-9,15H,2-3,10-12,17H2,1H3;4-9,15,18H,2-3,10-12H2,1H3;2-8H,1H3;5-7H,1-4H2;1-2H/p+1/b14-13+;2*9-8+;7-6+;;/t24-;2*15-;;5-;/m111.1./s1. The Hall–Kier alpha value is -8.93. The number of hydrogen-bond donors (Lipinski definition) is 6. The highest BCUT2D eigenvalue weighted by molar-refractivity contribution is 5.88. The van der Waals surface area contributed by atoms with Crippen molar-refractivity contribution in [2.75, 3.05) is 74.4 Å². The predicted octanol–water partition coefficient (Wildman–Crippen LogP) is 7.54. The number of nitrogens with two attached hydrogens (primary N) is 2. The lowest BCUT2D eigenvalue weighted by atomic mass is 10.1. The molecule has 4 atom stereocenters. The fourth-order valence-corrected chi connectivity index (χ4v) is 11.0. The molecule has 0 aliphatic carbocycles. The number of methoxy groups -OCH3 is 4. The van der Waals surface area contributed by atoms with E-state index >= 15 is 0 Å². The highest BCUT2D eigenvalue weighted by atomic mass is 16.5. The molecular weight excluding hydrogens is 1190 g/mol. The van der Waals surface area contributed by atoms with E-state index in [-0.39, 0.29) is 24.5 Å². The van der Waals surface area contributed by atoms with Gasteiger partial charge in [0, 0.05) is 92.8 Å².